The maximum atomic E-state index is 14.6. The highest BCUT2D eigenvalue weighted by molar-refractivity contribution is 5.91. The number of piperidine rings is 2. The van der Waals surface area contributed by atoms with Gasteiger partial charge in [0.05, 0.1) is 34.0 Å². The monoisotopic (exact) mass is 392 g/mol. The highest BCUT2D eigenvalue weighted by Crippen LogP contribution is 2.80. The van der Waals surface area contributed by atoms with Crippen molar-refractivity contribution in [3.8, 4) is 6.07 Å². The first-order chi connectivity index (χ1) is 13.7. The van der Waals surface area contributed by atoms with Crippen LogP contribution in [0.3, 0.4) is 0 Å². The molecular formula is C23H25FN4O. The van der Waals surface area contributed by atoms with E-state index >= 15 is 0 Å². The van der Waals surface area contributed by atoms with Gasteiger partial charge >= 0.3 is 0 Å². The van der Waals surface area contributed by atoms with Crippen LogP contribution in [0.25, 0.3) is 10.9 Å². The number of likely N-dealkylation sites (tertiary alicyclic amines) is 1. The molecular weight excluding hydrogens is 367 g/mol. The predicted molar refractivity (Wildman–Crippen MR) is 105 cm³/mol. The average molecular weight is 392 g/mol. The van der Waals surface area contributed by atoms with Crippen LogP contribution in [-0.2, 0) is 11.8 Å². The summed E-state index contributed by atoms with van der Waals surface area (Å²) in [4.78, 5) is 15.9. The zero-order chi connectivity index (χ0) is 20.3. The zero-order valence-corrected chi connectivity index (χ0v) is 17.1. The summed E-state index contributed by atoms with van der Waals surface area (Å²) >= 11 is 0. The van der Waals surface area contributed by atoms with Crippen LogP contribution in [0, 0.1) is 33.4 Å². The second-order valence-corrected chi connectivity index (χ2v) is 10.3. The van der Waals surface area contributed by atoms with Crippen LogP contribution in [0.15, 0.2) is 18.2 Å². The summed E-state index contributed by atoms with van der Waals surface area (Å²) < 4.78 is 16.3. The summed E-state index contributed by atoms with van der Waals surface area (Å²) in [5, 5.41) is 14.9. The van der Waals surface area contributed by atoms with E-state index in [2.05, 4.69) is 23.0 Å². The Labute approximate surface area is 169 Å². The molecule has 2 aromatic rings. The van der Waals surface area contributed by atoms with Crippen molar-refractivity contribution < 1.29 is 9.18 Å². The number of nitriles is 1. The Morgan fingerprint density at radius 1 is 1.34 bits per heavy atom. The van der Waals surface area contributed by atoms with Gasteiger partial charge in [-0.15, -0.1) is 0 Å². The van der Waals surface area contributed by atoms with Crippen LogP contribution in [0.1, 0.15) is 57.6 Å². The molecule has 1 aromatic heterocycles. The number of halogens is 1. The predicted octanol–water partition coefficient (Wildman–Crippen LogP) is 3.89. The van der Waals surface area contributed by atoms with Gasteiger partial charge in [-0.2, -0.15) is 10.4 Å². The molecule has 6 atom stereocenters. The smallest absolute Gasteiger partial charge is 0.232 e. The lowest BCUT2D eigenvalue weighted by Gasteiger charge is -2.70. The Hall–Kier alpha value is -2.42. The van der Waals surface area contributed by atoms with Gasteiger partial charge in [-0.3, -0.25) is 9.48 Å². The lowest BCUT2D eigenvalue weighted by Crippen LogP contribution is -2.73. The summed E-state index contributed by atoms with van der Waals surface area (Å²) in [6.07, 6.45) is 4.73. The molecule has 1 amide bonds. The zero-order valence-electron chi connectivity index (χ0n) is 17.1. The van der Waals surface area contributed by atoms with Crippen molar-refractivity contribution in [2.45, 2.75) is 64.0 Å². The molecule has 1 spiro atoms. The van der Waals surface area contributed by atoms with Gasteiger partial charge in [0.25, 0.3) is 0 Å². The van der Waals surface area contributed by atoms with Gasteiger partial charge in [0, 0.05) is 19.1 Å². The van der Waals surface area contributed by atoms with Crippen molar-refractivity contribution in [1.29, 1.82) is 5.26 Å². The van der Waals surface area contributed by atoms with Gasteiger partial charge in [0.1, 0.15) is 5.82 Å². The molecule has 6 heteroatoms. The van der Waals surface area contributed by atoms with E-state index in [4.69, 9.17) is 0 Å². The van der Waals surface area contributed by atoms with E-state index in [1.807, 2.05) is 13.0 Å². The minimum atomic E-state index is -0.510. The second kappa shape index (κ2) is 5.00. The van der Waals surface area contributed by atoms with Gasteiger partial charge in [0.15, 0.2) is 0 Å². The number of benzene rings is 1. The van der Waals surface area contributed by atoms with Gasteiger partial charge in [-0.25, -0.2) is 4.39 Å². The van der Waals surface area contributed by atoms with Crippen molar-refractivity contribution in [2.24, 2.45) is 23.3 Å². The highest BCUT2D eigenvalue weighted by atomic mass is 19.1. The Morgan fingerprint density at radius 3 is 2.90 bits per heavy atom. The molecule has 1 aliphatic heterocycles. The lowest BCUT2D eigenvalue weighted by molar-refractivity contribution is -0.210. The van der Waals surface area contributed by atoms with Gasteiger partial charge < -0.3 is 4.90 Å². The van der Waals surface area contributed by atoms with Crippen molar-refractivity contribution in [1.82, 2.24) is 14.7 Å². The van der Waals surface area contributed by atoms with Crippen molar-refractivity contribution in [2.75, 3.05) is 0 Å². The van der Waals surface area contributed by atoms with E-state index in [-0.39, 0.29) is 40.1 Å². The molecule has 1 aromatic carbocycles. The topological polar surface area (TPSA) is 61.9 Å². The molecule has 4 bridgehead atoms. The number of rotatable bonds is 2. The minimum Gasteiger partial charge on any atom is -0.335 e. The van der Waals surface area contributed by atoms with Crippen molar-refractivity contribution in [3.63, 3.8) is 0 Å². The molecule has 3 aliphatic carbocycles. The molecule has 2 heterocycles. The minimum absolute atomic E-state index is 0.0402. The molecule has 4 aliphatic rings. The van der Waals surface area contributed by atoms with E-state index < -0.39 is 5.92 Å². The summed E-state index contributed by atoms with van der Waals surface area (Å²) in [6.45, 7) is 4.15. The molecule has 1 saturated heterocycles. The quantitative estimate of drug-likeness (QED) is 0.779. The normalized spacial score (nSPS) is 40.0. The van der Waals surface area contributed by atoms with Crippen LogP contribution < -0.4 is 0 Å². The average Bonchev–Trinajstić information content (AvgIpc) is 3.07. The van der Waals surface area contributed by atoms with E-state index in [1.54, 1.807) is 17.8 Å². The third kappa shape index (κ3) is 1.81. The standard InChI is InChI=1S/C23H25FN4O/c1-13(19-18-15(24)5-4-6-16(18)27(3)26-19)20(29)28-14-7-22(12-25)10-21(2)17(28)9-23(21,8-14)11-22/h4-6,13-14,17H,7-11H2,1-3H3. The highest BCUT2D eigenvalue weighted by Gasteiger charge is 2.79. The fourth-order valence-corrected chi connectivity index (χ4v) is 7.81. The molecule has 5 nitrogen and oxygen atoms in total. The number of carbonyl (C=O) groups excluding carboxylic acids is 1. The first-order valence-corrected chi connectivity index (χ1v) is 10.6. The van der Waals surface area contributed by atoms with Crippen LogP contribution >= 0.6 is 0 Å². The summed E-state index contributed by atoms with van der Waals surface area (Å²) in [7, 11) is 1.79. The van der Waals surface area contributed by atoms with Crippen LogP contribution in [-0.4, -0.2) is 32.7 Å². The summed E-state index contributed by atoms with van der Waals surface area (Å²) in [6, 6.07) is 7.91. The molecule has 6 rings (SSSR count). The molecule has 3 saturated carbocycles. The van der Waals surface area contributed by atoms with E-state index in [1.165, 1.54) is 6.07 Å². The lowest BCUT2D eigenvalue weighted by atomic mass is 9.43. The molecule has 6 unspecified atom stereocenters. The number of nitrogens with zero attached hydrogens (tertiary/aromatic N) is 4. The Balaban J connectivity index is 1.41. The number of aromatic nitrogens is 2. The number of carbonyl (C=O) groups is 1. The molecule has 0 radical (unpaired) electrons. The Kier molecular flexibility index (Phi) is 3.01. The van der Waals surface area contributed by atoms with Gasteiger partial charge in [-0.05, 0) is 62.0 Å². The number of hydrogen-bond donors (Lipinski definition) is 0. The Morgan fingerprint density at radius 2 is 2.14 bits per heavy atom. The SMILES string of the molecule is CC(C(=O)N1C2CC3(C#N)CC4(C2)CC1C4(C)C3)c1nn(C)c2cccc(F)c12. The number of fused-ring (bicyclic) bond motifs is 5. The fourth-order valence-electron chi connectivity index (χ4n) is 7.81. The maximum absolute atomic E-state index is 14.6. The van der Waals surface area contributed by atoms with Gasteiger partial charge in [0.2, 0.25) is 5.91 Å². The number of amides is 1. The largest absolute Gasteiger partial charge is 0.335 e. The van der Waals surface area contributed by atoms with Crippen LogP contribution in [0.2, 0.25) is 0 Å². The van der Waals surface area contributed by atoms with E-state index in [0.29, 0.717) is 16.6 Å². The molecule has 4 fully saturated rings. The number of hydrogen-bond acceptors (Lipinski definition) is 3. The summed E-state index contributed by atoms with van der Waals surface area (Å²) in [5.41, 5.74) is 1.25. The third-order valence-corrected chi connectivity index (χ3v) is 9.02. The molecule has 0 N–H and O–H groups in total. The maximum Gasteiger partial charge on any atom is 0.232 e. The molecule has 150 valence electrons. The third-order valence-electron chi connectivity index (χ3n) is 9.02. The van der Waals surface area contributed by atoms with Gasteiger partial charge in [-0.1, -0.05) is 13.0 Å². The molecule has 29 heavy (non-hydrogen) atoms. The Bertz CT molecular complexity index is 1130. The van der Waals surface area contributed by atoms with Crippen molar-refractivity contribution >= 4 is 16.8 Å². The van der Waals surface area contributed by atoms with E-state index in [0.717, 1.165) is 32.1 Å². The summed E-state index contributed by atoms with van der Waals surface area (Å²) in [5.74, 6) is -0.801. The fraction of sp³-hybridized carbons (Fsp3) is 0.609. The number of aryl methyl sites for hydroxylation is 1. The first-order valence-electron chi connectivity index (χ1n) is 10.6. The second-order valence-electron chi connectivity index (χ2n) is 10.3. The van der Waals surface area contributed by atoms with Crippen molar-refractivity contribution in [3.05, 3.63) is 29.7 Å². The van der Waals surface area contributed by atoms with E-state index in [9.17, 15) is 14.4 Å². The van der Waals surface area contributed by atoms with Crippen LogP contribution in [0.4, 0.5) is 4.39 Å². The first kappa shape index (κ1) is 17.4. The van der Waals surface area contributed by atoms with Crippen LogP contribution in [0.5, 0.6) is 0 Å².